The third-order valence-corrected chi connectivity index (χ3v) is 3.70. The highest BCUT2D eigenvalue weighted by atomic mass is 79.9. The fourth-order valence-corrected chi connectivity index (χ4v) is 2.67. The van der Waals surface area contributed by atoms with Gasteiger partial charge in [-0.25, -0.2) is 0 Å². The minimum atomic E-state index is -0.00649. The maximum absolute atomic E-state index is 12.3. The zero-order chi connectivity index (χ0) is 13.0. The summed E-state index contributed by atoms with van der Waals surface area (Å²) < 4.78 is 11.6. The quantitative estimate of drug-likeness (QED) is 0.799. The Balaban J connectivity index is 2.14. The van der Waals surface area contributed by atoms with Gasteiger partial charge in [-0.1, -0.05) is 0 Å². The van der Waals surface area contributed by atoms with Crippen molar-refractivity contribution in [3.8, 4) is 5.75 Å². The standard InChI is InChI=1S/C14H17BrO3/c1-2-18-11-5-6-12(13(15)8-11)14(16)10-4-3-7-17-9-10/h5-6,8,10H,2-4,7,9H2,1H3. The van der Waals surface area contributed by atoms with Gasteiger partial charge in [-0.15, -0.1) is 0 Å². The lowest BCUT2D eigenvalue weighted by Crippen LogP contribution is -2.25. The van der Waals surface area contributed by atoms with Gasteiger partial charge in [0.1, 0.15) is 5.75 Å². The van der Waals surface area contributed by atoms with E-state index in [4.69, 9.17) is 9.47 Å². The Kier molecular flexibility index (Phi) is 4.78. The van der Waals surface area contributed by atoms with Crippen LogP contribution in [0.2, 0.25) is 0 Å². The molecule has 0 radical (unpaired) electrons. The monoisotopic (exact) mass is 312 g/mol. The molecule has 1 atom stereocenters. The number of halogens is 1. The first-order valence-corrected chi connectivity index (χ1v) is 7.06. The van der Waals surface area contributed by atoms with Crippen molar-refractivity contribution in [3.05, 3.63) is 28.2 Å². The SMILES string of the molecule is CCOc1ccc(C(=O)C2CCCOC2)c(Br)c1. The van der Waals surface area contributed by atoms with Crippen LogP contribution < -0.4 is 4.74 Å². The molecule has 1 aliphatic heterocycles. The van der Waals surface area contributed by atoms with Gasteiger partial charge in [0.15, 0.2) is 5.78 Å². The predicted molar refractivity (Wildman–Crippen MR) is 73.2 cm³/mol. The Morgan fingerprint density at radius 1 is 1.56 bits per heavy atom. The summed E-state index contributed by atoms with van der Waals surface area (Å²) in [6.45, 7) is 3.87. The maximum atomic E-state index is 12.3. The molecule has 0 saturated carbocycles. The number of rotatable bonds is 4. The molecule has 2 rings (SSSR count). The number of carbonyl (C=O) groups is 1. The van der Waals surface area contributed by atoms with E-state index in [0.29, 0.717) is 18.8 Å². The van der Waals surface area contributed by atoms with Gasteiger partial charge in [0.05, 0.1) is 13.2 Å². The average molecular weight is 313 g/mol. The molecule has 1 aromatic rings. The van der Waals surface area contributed by atoms with Crippen LogP contribution in [0.4, 0.5) is 0 Å². The largest absolute Gasteiger partial charge is 0.494 e. The third kappa shape index (κ3) is 3.12. The van der Waals surface area contributed by atoms with E-state index in [1.807, 2.05) is 25.1 Å². The zero-order valence-corrected chi connectivity index (χ0v) is 12.0. The van der Waals surface area contributed by atoms with Gasteiger partial charge in [0, 0.05) is 22.6 Å². The van der Waals surface area contributed by atoms with Crippen molar-refractivity contribution in [2.45, 2.75) is 19.8 Å². The van der Waals surface area contributed by atoms with E-state index in [2.05, 4.69) is 15.9 Å². The highest BCUT2D eigenvalue weighted by Gasteiger charge is 2.24. The summed E-state index contributed by atoms with van der Waals surface area (Å²) in [5, 5.41) is 0. The molecule has 3 nitrogen and oxygen atoms in total. The van der Waals surface area contributed by atoms with Crippen LogP contribution in [0.5, 0.6) is 5.75 Å². The van der Waals surface area contributed by atoms with Crippen molar-refractivity contribution in [1.29, 1.82) is 0 Å². The first-order chi connectivity index (χ1) is 8.72. The van der Waals surface area contributed by atoms with Crippen LogP contribution in [0.1, 0.15) is 30.1 Å². The molecule has 1 aliphatic rings. The highest BCUT2D eigenvalue weighted by molar-refractivity contribution is 9.10. The van der Waals surface area contributed by atoms with E-state index in [0.717, 1.165) is 29.7 Å². The van der Waals surface area contributed by atoms with Gasteiger partial charge < -0.3 is 9.47 Å². The van der Waals surface area contributed by atoms with Crippen LogP contribution in [0.3, 0.4) is 0 Å². The van der Waals surface area contributed by atoms with Crippen LogP contribution in [-0.2, 0) is 4.74 Å². The molecular weight excluding hydrogens is 296 g/mol. The summed E-state index contributed by atoms with van der Waals surface area (Å²) in [5.74, 6) is 0.929. The molecule has 1 aromatic carbocycles. The number of hydrogen-bond donors (Lipinski definition) is 0. The van der Waals surface area contributed by atoms with Crippen LogP contribution in [0.25, 0.3) is 0 Å². The fourth-order valence-electron chi connectivity index (χ4n) is 2.12. The highest BCUT2D eigenvalue weighted by Crippen LogP contribution is 2.27. The van der Waals surface area contributed by atoms with E-state index in [1.54, 1.807) is 0 Å². The first-order valence-electron chi connectivity index (χ1n) is 6.26. The molecule has 0 N–H and O–H groups in total. The lowest BCUT2D eigenvalue weighted by atomic mass is 9.93. The summed E-state index contributed by atoms with van der Waals surface area (Å²) in [6.07, 6.45) is 1.88. The lowest BCUT2D eigenvalue weighted by Gasteiger charge is -2.21. The van der Waals surface area contributed by atoms with Crippen molar-refractivity contribution >= 4 is 21.7 Å². The van der Waals surface area contributed by atoms with Crippen molar-refractivity contribution in [2.24, 2.45) is 5.92 Å². The van der Waals surface area contributed by atoms with E-state index in [-0.39, 0.29) is 11.7 Å². The lowest BCUT2D eigenvalue weighted by molar-refractivity contribution is 0.0461. The molecule has 0 aliphatic carbocycles. The summed E-state index contributed by atoms with van der Waals surface area (Å²) in [6, 6.07) is 5.51. The molecule has 1 saturated heterocycles. The second-order valence-electron chi connectivity index (χ2n) is 4.35. The van der Waals surface area contributed by atoms with E-state index >= 15 is 0 Å². The number of ketones is 1. The van der Waals surface area contributed by atoms with E-state index in [1.165, 1.54) is 0 Å². The summed E-state index contributed by atoms with van der Waals surface area (Å²) in [5.41, 5.74) is 0.717. The Bertz CT molecular complexity index is 425. The number of hydrogen-bond acceptors (Lipinski definition) is 3. The Hall–Kier alpha value is -0.870. The predicted octanol–water partition coefficient (Wildman–Crippen LogP) is 3.46. The van der Waals surface area contributed by atoms with Crippen molar-refractivity contribution < 1.29 is 14.3 Å². The van der Waals surface area contributed by atoms with Crippen molar-refractivity contribution in [3.63, 3.8) is 0 Å². The number of carbonyl (C=O) groups excluding carboxylic acids is 1. The zero-order valence-electron chi connectivity index (χ0n) is 10.4. The van der Waals surface area contributed by atoms with Gasteiger partial charge in [0.2, 0.25) is 0 Å². The van der Waals surface area contributed by atoms with E-state index < -0.39 is 0 Å². The number of Topliss-reactive ketones (excluding diaryl/α,β-unsaturated/α-hetero) is 1. The molecule has 0 spiro atoms. The topological polar surface area (TPSA) is 35.5 Å². The maximum Gasteiger partial charge on any atom is 0.169 e. The van der Waals surface area contributed by atoms with Gasteiger partial charge in [-0.2, -0.15) is 0 Å². The Morgan fingerprint density at radius 2 is 2.39 bits per heavy atom. The fraction of sp³-hybridized carbons (Fsp3) is 0.500. The minimum Gasteiger partial charge on any atom is -0.494 e. The molecule has 0 aromatic heterocycles. The normalized spacial score (nSPS) is 19.6. The summed E-state index contributed by atoms with van der Waals surface area (Å²) in [7, 11) is 0. The van der Waals surface area contributed by atoms with Crippen molar-refractivity contribution in [1.82, 2.24) is 0 Å². The molecule has 18 heavy (non-hydrogen) atoms. The average Bonchev–Trinajstić information content (AvgIpc) is 2.40. The number of benzene rings is 1. The smallest absolute Gasteiger partial charge is 0.169 e. The Labute approximate surface area is 116 Å². The van der Waals surface area contributed by atoms with Gasteiger partial charge in [-0.3, -0.25) is 4.79 Å². The second-order valence-corrected chi connectivity index (χ2v) is 5.21. The van der Waals surface area contributed by atoms with Gasteiger partial charge >= 0.3 is 0 Å². The van der Waals surface area contributed by atoms with Crippen LogP contribution >= 0.6 is 15.9 Å². The molecule has 1 fully saturated rings. The molecule has 4 heteroatoms. The first kappa shape index (κ1) is 13.6. The number of ether oxygens (including phenoxy) is 2. The molecule has 0 bridgehead atoms. The van der Waals surface area contributed by atoms with Gasteiger partial charge in [0.25, 0.3) is 0 Å². The Morgan fingerprint density at radius 3 is 3.00 bits per heavy atom. The van der Waals surface area contributed by atoms with Crippen LogP contribution in [0, 0.1) is 5.92 Å². The molecular formula is C14H17BrO3. The van der Waals surface area contributed by atoms with Crippen LogP contribution in [0.15, 0.2) is 22.7 Å². The molecule has 0 amide bonds. The van der Waals surface area contributed by atoms with Crippen molar-refractivity contribution in [2.75, 3.05) is 19.8 Å². The minimum absolute atomic E-state index is 0.00649. The molecule has 1 unspecified atom stereocenters. The summed E-state index contributed by atoms with van der Waals surface area (Å²) in [4.78, 5) is 12.3. The van der Waals surface area contributed by atoms with Gasteiger partial charge in [-0.05, 0) is 53.9 Å². The van der Waals surface area contributed by atoms with Crippen LogP contribution in [-0.4, -0.2) is 25.6 Å². The third-order valence-electron chi connectivity index (χ3n) is 3.05. The molecule has 1 heterocycles. The second kappa shape index (κ2) is 6.34. The van der Waals surface area contributed by atoms with E-state index in [9.17, 15) is 4.79 Å². The molecule has 98 valence electrons. The summed E-state index contributed by atoms with van der Waals surface area (Å²) >= 11 is 3.44.